The standard InChI is InChI=1S/C3H4O.Sn/c1-2-3-4;/h2-3H,1H2;. The summed E-state index contributed by atoms with van der Waals surface area (Å²) in [7, 11) is 0. The third-order valence-corrected chi connectivity index (χ3v) is 0.0962. The van der Waals surface area contributed by atoms with E-state index in [2.05, 4.69) is 6.58 Å². The van der Waals surface area contributed by atoms with Crippen LogP contribution in [-0.4, -0.2) is 30.2 Å². The number of allylic oxidation sites excluding steroid dienone is 1. The number of hydrogen-bond acceptors (Lipinski definition) is 1. The Morgan fingerprint density at radius 3 is 1.80 bits per heavy atom. The van der Waals surface area contributed by atoms with Crippen LogP contribution in [-0.2, 0) is 4.79 Å². The van der Waals surface area contributed by atoms with E-state index in [1.807, 2.05) is 0 Å². The Labute approximate surface area is 48.0 Å². The molecule has 0 aromatic rings. The van der Waals surface area contributed by atoms with E-state index in [9.17, 15) is 0 Å². The molecule has 4 radical (unpaired) electrons. The van der Waals surface area contributed by atoms with Gasteiger partial charge >= 0.3 is 0 Å². The van der Waals surface area contributed by atoms with Crippen LogP contribution in [0.2, 0.25) is 0 Å². The summed E-state index contributed by atoms with van der Waals surface area (Å²) in [5.41, 5.74) is 0. The summed E-state index contributed by atoms with van der Waals surface area (Å²) in [4.78, 5) is 9.06. The van der Waals surface area contributed by atoms with Gasteiger partial charge in [-0.1, -0.05) is 6.58 Å². The second kappa shape index (κ2) is 8.88. The molecule has 0 aromatic carbocycles. The third-order valence-electron chi connectivity index (χ3n) is 0.0962. The molecular formula is C3H4OSn. The summed E-state index contributed by atoms with van der Waals surface area (Å²) in [5, 5.41) is 0. The molecule has 0 aromatic heterocycles. The van der Waals surface area contributed by atoms with Crippen LogP contribution in [0.15, 0.2) is 12.7 Å². The SMILES string of the molecule is C=CC=O.[Sn]. The van der Waals surface area contributed by atoms with Crippen molar-refractivity contribution in [1.29, 1.82) is 0 Å². The minimum atomic E-state index is 0. The Morgan fingerprint density at radius 2 is 1.80 bits per heavy atom. The number of carbonyl (C=O) groups excluding carboxylic acids is 1. The van der Waals surface area contributed by atoms with Crippen LogP contribution in [0, 0.1) is 0 Å². The molecule has 0 amide bonds. The van der Waals surface area contributed by atoms with Crippen molar-refractivity contribution in [1.82, 2.24) is 0 Å². The molecule has 0 aliphatic rings. The Bertz CT molecular complexity index is 27.9. The topological polar surface area (TPSA) is 17.1 Å². The maximum atomic E-state index is 9.06. The Hall–Kier alpha value is 0.209. The second-order valence-corrected chi connectivity index (χ2v) is 0.372. The Morgan fingerprint density at radius 1 is 1.60 bits per heavy atom. The van der Waals surface area contributed by atoms with Gasteiger partial charge in [-0.15, -0.1) is 0 Å². The van der Waals surface area contributed by atoms with Crippen molar-refractivity contribution in [2.75, 3.05) is 0 Å². The number of carbonyl (C=O) groups is 1. The summed E-state index contributed by atoms with van der Waals surface area (Å²) < 4.78 is 0. The molecular weight excluding hydrogens is 171 g/mol. The van der Waals surface area contributed by atoms with Crippen molar-refractivity contribution >= 4 is 30.2 Å². The van der Waals surface area contributed by atoms with Crippen LogP contribution in [0.1, 0.15) is 0 Å². The number of aldehydes is 1. The van der Waals surface area contributed by atoms with Gasteiger partial charge in [0.15, 0.2) is 0 Å². The van der Waals surface area contributed by atoms with E-state index in [0.717, 1.165) is 0 Å². The summed E-state index contributed by atoms with van der Waals surface area (Å²) >= 11 is 0. The van der Waals surface area contributed by atoms with Crippen molar-refractivity contribution in [2.45, 2.75) is 0 Å². The van der Waals surface area contributed by atoms with Crippen molar-refractivity contribution < 1.29 is 4.79 Å². The zero-order valence-electron chi connectivity index (χ0n) is 2.77. The van der Waals surface area contributed by atoms with Crippen LogP contribution in [0.3, 0.4) is 0 Å². The first-order chi connectivity index (χ1) is 1.91. The van der Waals surface area contributed by atoms with E-state index >= 15 is 0 Å². The maximum Gasteiger partial charge on any atom is 0.142 e. The van der Waals surface area contributed by atoms with Crippen LogP contribution in [0.25, 0.3) is 0 Å². The number of rotatable bonds is 1. The molecule has 0 aliphatic heterocycles. The smallest absolute Gasteiger partial charge is 0.142 e. The van der Waals surface area contributed by atoms with Gasteiger partial charge in [-0.2, -0.15) is 0 Å². The summed E-state index contributed by atoms with van der Waals surface area (Å²) in [6.07, 6.45) is 1.83. The van der Waals surface area contributed by atoms with Crippen LogP contribution >= 0.6 is 0 Å². The minimum Gasteiger partial charge on any atom is -0.299 e. The zero-order chi connectivity index (χ0) is 3.41. The third kappa shape index (κ3) is 14.1. The fraction of sp³-hybridized carbons (Fsp3) is 0. The van der Waals surface area contributed by atoms with Gasteiger partial charge in [-0.05, 0) is 6.08 Å². The van der Waals surface area contributed by atoms with Gasteiger partial charge in [0.2, 0.25) is 0 Å². The van der Waals surface area contributed by atoms with E-state index in [0.29, 0.717) is 6.29 Å². The van der Waals surface area contributed by atoms with Crippen molar-refractivity contribution in [3.05, 3.63) is 12.7 Å². The van der Waals surface area contributed by atoms with Crippen molar-refractivity contribution in [2.24, 2.45) is 0 Å². The van der Waals surface area contributed by atoms with Crippen molar-refractivity contribution in [3.8, 4) is 0 Å². The van der Waals surface area contributed by atoms with E-state index in [4.69, 9.17) is 4.79 Å². The van der Waals surface area contributed by atoms with Crippen LogP contribution < -0.4 is 0 Å². The zero-order valence-corrected chi connectivity index (χ0v) is 5.62. The Kier molecular flexibility index (Phi) is 15.9. The monoisotopic (exact) mass is 176 g/mol. The number of hydrogen-bond donors (Lipinski definition) is 0. The molecule has 1 nitrogen and oxygen atoms in total. The molecule has 0 unspecified atom stereocenters. The van der Waals surface area contributed by atoms with Gasteiger partial charge in [-0.25, -0.2) is 0 Å². The fourth-order valence-electron chi connectivity index (χ4n) is 0. The molecule has 0 spiro atoms. The van der Waals surface area contributed by atoms with E-state index in [-0.39, 0.29) is 23.9 Å². The molecule has 26 valence electrons. The molecule has 0 rings (SSSR count). The second-order valence-electron chi connectivity index (χ2n) is 0.372. The maximum absolute atomic E-state index is 9.06. The first-order valence-electron chi connectivity index (χ1n) is 0.977. The summed E-state index contributed by atoms with van der Waals surface area (Å²) in [6, 6.07) is 0. The molecule has 2 heteroatoms. The van der Waals surface area contributed by atoms with Gasteiger partial charge in [0, 0.05) is 23.9 Å². The largest absolute Gasteiger partial charge is 0.299 e. The van der Waals surface area contributed by atoms with Crippen LogP contribution in [0.4, 0.5) is 0 Å². The first kappa shape index (κ1) is 8.96. The molecule has 0 heterocycles. The quantitative estimate of drug-likeness (QED) is 0.311. The molecule has 0 atom stereocenters. The predicted molar refractivity (Wildman–Crippen MR) is 22.0 cm³/mol. The van der Waals surface area contributed by atoms with Gasteiger partial charge in [0.05, 0.1) is 0 Å². The molecule has 5 heavy (non-hydrogen) atoms. The van der Waals surface area contributed by atoms with Crippen LogP contribution in [0.5, 0.6) is 0 Å². The van der Waals surface area contributed by atoms with E-state index < -0.39 is 0 Å². The molecule has 0 bridgehead atoms. The summed E-state index contributed by atoms with van der Waals surface area (Å²) in [5.74, 6) is 0. The van der Waals surface area contributed by atoms with Gasteiger partial charge < -0.3 is 0 Å². The normalized spacial score (nSPS) is 4.00. The average Bonchev–Trinajstić information content (AvgIpc) is 1.37. The molecule has 0 N–H and O–H groups in total. The molecule has 0 saturated carbocycles. The van der Waals surface area contributed by atoms with Gasteiger partial charge in [0.1, 0.15) is 6.29 Å². The summed E-state index contributed by atoms with van der Waals surface area (Å²) in [6.45, 7) is 3.11. The minimum absolute atomic E-state index is 0. The molecule has 0 saturated heterocycles. The van der Waals surface area contributed by atoms with E-state index in [1.165, 1.54) is 6.08 Å². The van der Waals surface area contributed by atoms with Gasteiger partial charge in [-0.3, -0.25) is 4.79 Å². The van der Waals surface area contributed by atoms with Crippen molar-refractivity contribution in [3.63, 3.8) is 0 Å². The molecule has 0 aliphatic carbocycles. The fourth-order valence-corrected chi connectivity index (χ4v) is 0. The first-order valence-corrected chi connectivity index (χ1v) is 0.977. The average molecular weight is 175 g/mol. The molecule has 0 fully saturated rings. The Balaban J connectivity index is 0. The van der Waals surface area contributed by atoms with Gasteiger partial charge in [0.25, 0.3) is 0 Å². The van der Waals surface area contributed by atoms with E-state index in [1.54, 1.807) is 0 Å². The predicted octanol–water partition coefficient (Wildman–Crippen LogP) is -0.00950.